The molecule has 5 aromatic rings. The number of hydrogen-bond donors (Lipinski definition) is 3. The number of nitrogens with two attached hydrogens (primary N) is 1. The maximum atomic E-state index is 14.1. The highest BCUT2D eigenvalue weighted by Crippen LogP contribution is 2.40. The molecule has 5 rings (SSSR count). The van der Waals surface area contributed by atoms with E-state index >= 15 is 0 Å². The maximum absolute atomic E-state index is 14.1. The molecule has 0 atom stereocenters. The van der Waals surface area contributed by atoms with E-state index in [0.717, 1.165) is 5.39 Å². The number of nitrogen functional groups attached to an aromatic ring is 1. The van der Waals surface area contributed by atoms with Crippen LogP contribution in [0.1, 0.15) is 0 Å². The van der Waals surface area contributed by atoms with E-state index in [0.29, 0.717) is 38.7 Å². The first-order chi connectivity index (χ1) is 13.6. The summed E-state index contributed by atoms with van der Waals surface area (Å²) in [5.41, 5.74) is 8.21. The van der Waals surface area contributed by atoms with E-state index in [1.165, 1.54) is 12.3 Å². The van der Waals surface area contributed by atoms with Gasteiger partial charge in [0, 0.05) is 27.9 Å². The van der Waals surface area contributed by atoms with E-state index in [1.807, 2.05) is 6.07 Å². The third-order valence-electron chi connectivity index (χ3n) is 4.93. The summed E-state index contributed by atoms with van der Waals surface area (Å²) in [7, 11) is 1.56. The van der Waals surface area contributed by atoms with Crippen LogP contribution in [0.3, 0.4) is 0 Å². The highest BCUT2D eigenvalue weighted by molar-refractivity contribution is 6.15. The van der Waals surface area contributed by atoms with E-state index in [1.54, 1.807) is 31.5 Å². The number of nitrogens with one attached hydrogen (secondary N) is 2. The van der Waals surface area contributed by atoms with Gasteiger partial charge in [0.1, 0.15) is 22.8 Å². The Hall–Kier alpha value is -3.94. The number of methoxy groups -OCH3 is 1. The third kappa shape index (κ3) is 2.11. The molecule has 8 heteroatoms. The number of halogens is 1. The van der Waals surface area contributed by atoms with E-state index in [4.69, 9.17) is 10.5 Å². The molecule has 0 saturated heterocycles. The van der Waals surface area contributed by atoms with Crippen LogP contribution >= 0.6 is 0 Å². The van der Waals surface area contributed by atoms with Gasteiger partial charge in [-0.1, -0.05) is 6.07 Å². The first-order valence-electron chi connectivity index (χ1n) is 8.49. The molecule has 2 aromatic carbocycles. The second-order valence-corrected chi connectivity index (χ2v) is 6.40. The Morgan fingerprint density at radius 2 is 2.00 bits per heavy atom. The zero-order valence-electron chi connectivity index (χ0n) is 14.7. The van der Waals surface area contributed by atoms with Gasteiger partial charge in [-0.2, -0.15) is 5.10 Å². The summed E-state index contributed by atoms with van der Waals surface area (Å²) in [4.78, 5) is 19.9. The number of benzene rings is 2. The van der Waals surface area contributed by atoms with Crippen molar-refractivity contribution >= 4 is 38.4 Å². The van der Waals surface area contributed by atoms with Gasteiger partial charge in [0.05, 0.1) is 24.3 Å². The van der Waals surface area contributed by atoms with Crippen LogP contribution in [0, 0.1) is 5.82 Å². The number of anilines is 1. The molecule has 0 spiro atoms. The van der Waals surface area contributed by atoms with Crippen molar-refractivity contribution in [2.75, 3.05) is 12.8 Å². The zero-order chi connectivity index (χ0) is 19.4. The van der Waals surface area contributed by atoms with Crippen LogP contribution in [0.4, 0.5) is 10.1 Å². The van der Waals surface area contributed by atoms with Gasteiger partial charge >= 0.3 is 0 Å². The van der Waals surface area contributed by atoms with Crippen LogP contribution in [0.25, 0.3) is 43.8 Å². The van der Waals surface area contributed by atoms with E-state index in [2.05, 4.69) is 20.2 Å². The van der Waals surface area contributed by atoms with Gasteiger partial charge in [-0.15, -0.1) is 0 Å². The second kappa shape index (κ2) is 5.78. The zero-order valence-corrected chi connectivity index (χ0v) is 14.7. The minimum atomic E-state index is -0.444. The quantitative estimate of drug-likeness (QED) is 0.410. The lowest BCUT2D eigenvalue weighted by Gasteiger charge is -2.14. The molecule has 0 aliphatic rings. The van der Waals surface area contributed by atoms with Gasteiger partial charge in [-0.3, -0.25) is 14.9 Å². The minimum absolute atomic E-state index is 0.0268. The van der Waals surface area contributed by atoms with Gasteiger partial charge in [-0.05, 0) is 29.8 Å². The molecule has 7 nitrogen and oxygen atoms in total. The molecule has 0 radical (unpaired) electrons. The summed E-state index contributed by atoms with van der Waals surface area (Å²) < 4.78 is 19.7. The van der Waals surface area contributed by atoms with E-state index in [9.17, 15) is 9.18 Å². The molecule has 28 heavy (non-hydrogen) atoms. The Morgan fingerprint density at radius 1 is 1.14 bits per heavy atom. The van der Waals surface area contributed by atoms with E-state index in [-0.39, 0.29) is 11.2 Å². The second-order valence-electron chi connectivity index (χ2n) is 6.40. The molecule has 0 unspecified atom stereocenters. The molecule has 0 saturated carbocycles. The van der Waals surface area contributed by atoms with Gasteiger partial charge < -0.3 is 15.5 Å². The van der Waals surface area contributed by atoms with Crippen LogP contribution in [0.15, 0.2) is 47.5 Å². The monoisotopic (exact) mass is 375 g/mol. The fourth-order valence-corrected chi connectivity index (χ4v) is 3.65. The van der Waals surface area contributed by atoms with Crippen molar-refractivity contribution in [1.82, 2.24) is 20.2 Å². The predicted molar refractivity (Wildman–Crippen MR) is 106 cm³/mol. The first kappa shape index (κ1) is 16.2. The number of rotatable bonds is 2. The molecule has 0 bridgehead atoms. The van der Waals surface area contributed by atoms with Gasteiger partial charge in [-0.25, -0.2) is 4.39 Å². The third-order valence-corrected chi connectivity index (χ3v) is 4.93. The fraction of sp³-hybridized carbons (Fsp3) is 0.0500. The predicted octanol–water partition coefficient (Wildman–Crippen LogP) is 3.35. The number of aromatic nitrogens is 4. The van der Waals surface area contributed by atoms with Gasteiger partial charge in [0.25, 0.3) is 5.56 Å². The number of hydrogen-bond acceptors (Lipinski definition) is 5. The number of pyridine rings is 2. The molecule has 3 heterocycles. The lowest BCUT2D eigenvalue weighted by molar-refractivity contribution is 0.420. The van der Waals surface area contributed by atoms with Gasteiger partial charge in [0.15, 0.2) is 0 Å². The number of ether oxygens (including phenoxy) is 1. The standard InChI is InChI=1S/C20H14FN5O2/c1-28-14-7-11-15(9-4-5-13(21)17-12(9)8-24-26-17)16(22)20(27)25-19(11)18-10(14)3-2-6-23-18/h2-8H,22H2,1H3,(H,24,26)(H,25,27). The summed E-state index contributed by atoms with van der Waals surface area (Å²) in [5.74, 6) is 0.155. The molecule has 3 aromatic heterocycles. The summed E-state index contributed by atoms with van der Waals surface area (Å²) in [6.07, 6.45) is 3.15. The van der Waals surface area contributed by atoms with Crippen LogP contribution in [0.5, 0.6) is 5.75 Å². The van der Waals surface area contributed by atoms with Crippen molar-refractivity contribution in [1.29, 1.82) is 0 Å². The Kier molecular flexibility index (Phi) is 3.35. The lowest BCUT2D eigenvalue weighted by Crippen LogP contribution is -2.14. The van der Waals surface area contributed by atoms with Crippen molar-refractivity contribution in [3.8, 4) is 16.9 Å². The normalized spacial score (nSPS) is 11.5. The topological polar surface area (TPSA) is 110 Å². The molecule has 0 aliphatic heterocycles. The number of nitrogens with zero attached hydrogens (tertiary/aromatic N) is 2. The Balaban J connectivity index is 2.03. The van der Waals surface area contributed by atoms with Crippen LogP contribution in [0.2, 0.25) is 0 Å². The summed E-state index contributed by atoms with van der Waals surface area (Å²) in [6, 6.07) is 8.37. The SMILES string of the molecule is COc1cc2c(-c3ccc(F)c4[nH]ncc34)c(N)c(=O)[nH]c2c2ncccc12. The average Bonchev–Trinajstić information content (AvgIpc) is 3.21. The largest absolute Gasteiger partial charge is 0.496 e. The number of aromatic amines is 2. The van der Waals surface area contributed by atoms with Crippen molar-refractivity contribution < 1.29 is 9.13 Å². The lowest BCUT2D eigenvalue weighted by atomic mass is 9.95. The average molecular weight is 375 g/mol. The van der Waals surface area contributed by atoms with Crippen molar-refractivity contribution in [3.05, 3.63) is 58.9 Å². The van der Waals surface area contributed by atoms with Crippen molar-refractivity contribution in [3.63, 3.8) is 0 Å². The summed E-state index contributed by atoms with van der Waals surface area (Å²) in [5, 5.41) is 8.51. The van der Waals surface area contributed by atoms with Gasteiger partial charge in [0.2, 0.25) is 0 Å². The molecule has 138 valence electrons. The van der Waals surface area contributed by atoms with Crippen LogP contribution in [-0.4, -0.2) is 27.3 Å². The van der Waals surface area contributed by atoms with Crippen LogP contribution < -0.4 is 16.0 Å². The van der Waals surface area contributed by atoms with Crippen LogP contribution in [-0.2, 0) is 0 Å². The van der Waals surface area contributed by atoms with E-state index < -0.39 is 11.4 Å². The number of fused-ring (bicyclic) bond motifs is 4. The first-order valence-corrected chi connectivity index (χ1v) is 8.49. The Labute approximate surface area is 157 Å². The summed E-state index contributed by atoms with van der Waals surface area (Å²) in [6.45, 7) is 0. The smallest absolute Gasteiger partial charge is 0.272 e. The number of H-pyrrole nitrogens is 2. The highest BCUT2D eigenvalue weighted by Gasteiger charge is 2.20. The highest BCUT2D eigenvalue weighted by atomic mass is 19.1. The Bertz CT molecular complexity index is 1450. The molecule has 4 N–H and O–H groups in total. The Morgan fingerprint density at radius 3 is 2.82 bits per heavy atom. The maximum Gasteiger partial charge on any atom is 0.272 e. The molecule has 0 fully saturated rings. The molecule has 0 amide bonds. The van der Waals surface area contributed by atoms with Crippen molar-refractivity contribution in [2.24, 2.45) is 0 Å². The molecule has 0 aliphatic carbocycles. The summed E-state index contributed by atoms with van der Waals surface area (Å²) >= 11 is 0. The minimum Gasteiger partial charge on any atom is -0.496 e. The fourth-order valence-electron chi connectivity index (χ4n) is 3.65. The molecular formula is C20H14FN5O2. The molecular weight excluding hydrogens is 361 g/mol. The van der Waals surface area contributed by atoms with Crippen molar-refractivity contribution in [2.45, 2.75) is 0 Å².